The second-order valence-corrected chi connectivity index (χ2v) is 8.85. The Balaban J connectivity index is 5.28. The van der Waals surface area contributed by atoms with Crippen LogP contribution < -0.4 is 0 Å². The number of carbonyl (C=O) groups is 2. The van der Waals surface area contributed by atoms with E-state index in [0.717, 1.165) is 25.7 Å². The number of hydrogen-bond acceptors (Lipinski definition) is 5. The molecule has 0 rings (SSSR count). The van der Waals surface area contributed by atoms with Crippen LogP contribution in [0.4, 0.5) is 0 Å². The Kier molecular flexibility index (Phi) is 11.6. The highest BCUT2D eigenvalue weighted by atomic mass is 32.2. The Labute approximate surface area is 154 Å². The van der Waals surface area contributed by atoms with Crippen LogP contribution >= 0.6 is 0 Å². The average Bonchev–Trinajstić information content (AvgIpc) is 2.56. The summed E-state index contributed by atoms with van der Waals surface area (Å²) in [7, 11) is 0.857. The highest BCUT2D eigenvalue weighted by Gasteiger charge is 2.35. The quantitative estimate of drug-likeness (QED) is 0.238. The second kappa shape index (κ2) is 12.2. The lowest BCUT2D eigenvalue weighted by Crippen LogP contribution is -2.35. The third kappa shape index (κ3) is 9.14. The van der Waals surface area contributed by atoms with Crippen molar-refractivity contribution in [2.24, 2.45) is 10.3 Å². The summed E-state index contributed by atoms with van der Waals surface area (Å²) in [5, 5.41) is 0. The van der Waals surface area contributed by atoms with E-state index in [-0.39, 0.29) is 5.71 Å². The molecule has 0 bridgehead atoms. The van der Waals surface area contributed by atoms with Gasteiger partial charge in [-0.3, -0.25) is 9.59 Å². The van der Waals surface area contributed by atoms with E-state index in [1.54, 1.807) is 20.8 Å². The number of nitrogens with zero attached hydrogens (tertiary/aromatic N) is 1. The number of carbonyl (C=O) groups excluding carboxylic acids is 2. The van der Waals surface area contributed by atoms with Crippen molar-refractivity contribution in [1.82, 2.24) is 0 Å². The first kappa shape index (κ1) is 23.8. The number of ether oxygens (including phenoxy) is 2. The molecule has 0 amide bonds. The number of rotatable bonds is 11. The van der Waals surface area contributed by atoms with Crippen molar-refractivity contribution < 1.29 is 23.3 Å². The molecular weight excluding hydrogens is 342 g/mol. The fourth-order valence-corrected chi connectivity index (χ4v) is 2.86. The zero-order chi connectivity index (χ0) is 19.5. The molecule has 0 aliphatic rings. The maximum absolute atomic E-state index is 12.4. The molecule has 0 fully saturated rings. The lowest BCUT2D eigenvalue weighted by molar-refractivity contribution is -0.155. The Morgan fingerprint density at radius 2 is 1.44 bits per heavy atom. The maximum atomic E-state index is 12.4. The number of unbranched alkanes of at least 4 members (excludes halogenated alkanes) is 5. The van der Waals surface area contributed by atoms with Gasteiger partial charge in [-0.1, -0.05) is 39.0 Å². The van der Waals surface area contributed by atoms with Crippen LogP contribution in [0.3, 0.4) is 0 Å². The topological polar surface area (TPSA) is 82.0 Å². The van der Waals surface area contributed by atoms with E-state index in [0.29, 0.717) is 6.42 Å². The van der Waals surface area contributed by atoms with Crippen LogP contribution in [0.5, 0.6) is 0 Å². The summed E-state index contributed by atoms with van der Waals surface area (Å²) in [6.45, 7) is 7.53. The molecule has 0 aliphatic carbocycles. The highest BCUT2D eigenvalue weighted by molar-refractivity contribution is 7.85. The van der Waals surface area contributed by atoms with Crippen molar-refractivity contribution in [1.29, 1.82) is 0 Å². The molecule has 0 saturated heterocycles. The van der Waals surface area contributed by atoms with Gasteiger partial charge >= 0.3 is 11.9 Å². The number of hydrogen-bond donors (Lipinski definition) is 0. The van der Waals surface area contributed by atoms with E-state index in [9.17, 15) is 13.8 Å². The normalized spacial score (nSPS) is 13.6. The molecule has 0 N–H and O–H groups in total. The third-order valence-corrected chi connectivity index (χ3v) is 5.17. The van der Waals surface area contributed by atoms with Crippen molar-refractivity contribution in [3.63, 3.8) is 0 Å². The number of esters is 2. The van der Waals surface area contributed by atoms with Crippen LogP contribution in [0.1, 0.15) is 72.6 Å². The summed E-state index contributed by atoms with van der Waals surface area (Å²) in [6.07, 6.45) is 6.78. The summed E-state index contributed by atoms with van der Waals surface area (Å²) in [5.74, 6) is -2.72. The smallest absolute Gasteiger partial charge is 0.325 e. The van der Waals surface area contributed by atoms with Gasteiger partial charge in [0.1, 0.15) is 11.0 Å². The maximum Gasteiger partial charge on any atom is 0.325 e. The Bertz CT molecular complexity index is 466. The Morgan fingerprint density at radius 1 is 0.960 bits per heavy atom. The minimum atomic E-state index is -1.56. The Hall–Kier alpha value is -1.24. The molecule has 0 heterocycles. The van der Waals surface area contributed by atoms with Gasteiger partial charge in [0.25, 0.3) is 0 Å². The lowest BCUT2D eigenvalue weighted by atomic mass is 9.97. The molecule has 146 valence electrons. The number of methoxy groups -OCH3 is 2. The molecular formula is C18H33NO5S. The Morgan fingerprint density at radius 3 is 1.88 bits per heavy atom. The highest BCUT2D eigenvalue weighted by Crippen LogP contribution is 2.19. The van der Waals surface area contributed by atoms with Crippen molar-refractivity contribution in [2.45, 2.75) is 77.4 Å². The molecule has 6 nitrogen and oxygen atoms in total. The fraction of sp³-hybridized carbons (Fsp3) is 0.833. The van der Waals surface area contributed by atoms with Gasteiger partial charge in [0.05, 0.1) is 24.7 Å². The second-order valence-electron chi connectivity index (χ2n) is 6.94. The SMILES string of the molecule is CCCCCCCC/C(=N\S(=O)C(C)(C)C)C(C(=O)OC)C(=O)OC. The molecule has 0 radical (unpaired) electrons. The van der Waals surface area contributed by atoms with Crippen LogP contribution in [0, 0.1) is 5.92 Å². The summed E-state index contributed by atoms with van der Waals surface area (Å²) in [6, 6.07) is 0. The van der Waals surface area contributed by atoms with E-state index in [1.165, 1.54) is 27.1 Å². The molecule has 1 unspecified atom stereocenters. The minimum Gasteiger partial charge on any atom is -0.468 e. The van der Waals surface area contributed by atoms with Gasteiger partial charge in [0, 0.05) is 0 Å². The summed E-state index contributed by atoms with van der Waals surface area (Å²) in [4.78, 5) is 24.1. The van der Waals surface area contributed by atoms with Gasteiger partial charge in [0.2, 0.25) is 0 Å². The molecule has 0 aromatic carbocycles. The van der Waals surface area contributed by atoms with Crippen LogP contribution in [0.25, 0.3) is 0 Å². The lowest BCUT2D eigenvalue weighted by Gasteiger charge is -2.18. The van der Waals surface area contributed by atoms with E-state index in [4.69, 9.17) is 9.47 Å². The van der Waals surface area contributed by atoms with Crippen molar-refractivity contribution in [3.8, 4) is 0 Å². The molecule has 0 spiro atoms. The molecule has 1 atom stereocenters. The minimum absolute atomic E-state index is 0.280. The first-order chi connectivity index (χ1) is 11.7. The van der Waals surface area contributed by atoms with Crippen LogP contribution in [-0.4, -0.2) is 40.8 Å². The first-order valence-electron chi connectivity index (χ1n) is 8.84. The molecule has 25 heavy (non-hydrogen) atoms. The van der Waals surface area contributed by atoms with Crippen molar-refractivity contribution in [3.05, 3.63) is 0 Å². The van der Waals surface area contributed by atoms with Gasteiger partial charge in [-0.05, 0) is 33.6 Å². The zero-order valence-electron chi connectivity index (χ0n) is 16.4. The first-order valence-corrected chi connectivity index (χ1v) is 9.94. The average molecular weight is 376 g/mol. The molecule has 0 aromatic heterocycles. The summed E-state index contributed by atoms with van der Waals surface area (Å²) in [5.41, 5.74) is 0.280. The van der Waals surface area contributed by atoms with Crippen LogP contribution in [0.15, 0.2) is 4.40 Å². The standard InChI is InChI=1S/C18H33NO5S/c1-7-8-9-10-11-12-13-14(19-25(22)18(2,3)4)15(16(20)23-5)17(21)24-6/h15H,7-13H2,1-6H3/b19-14+. The van der Waals surface area contributed by atoms with Gasteiger partial charge < -0.3 is 9.47 Å². The third-order valence-electron chi connectivity index (χ3n) is 3.72. The van der Waals surface area contributed by atoms with E-state index < -0.39 is 33.6 Å². The van der Waals surface area contributed by atoms with Crippen molar-refractivity contribution >= 4 is 28.6 Å². The molecule has 0 aliphatic heterocycles. The summed E-state index contributed by atoms with van der Waals surface area (Å²) < 4.78 is 25.5. The fourth-order valence-electron chi connectivity index (χ4n) is 2.18. The monoisotopic (exact) mass is 375 g/mol. The van der Waals surface area contributed by atoms with Crippen LogP contribution in [0.2, 0.25) is 0 Å². The summed E-state index contributed by atoms with van der Waals surface area (Å²) >= 11 is 0. The molecule has 0 saturated carbocycles. The molecule has 0 aromatic rings. The molecule has 7 heteroatoms. The van der Waals surface area contributed by atoms with Crippen LogP contribution in [-0.2, 0) is 30.0 Å². The predicted octanol–water partition coefficient (Wildman–Crippen LogP) is 3.60. The van der Waals surface area contributed by atoms with Gasteiger partial charge in [0.15, 0.2) is 5.92 Å². The van der Waals surface area contributed by atoms with E-state index in [1.807, 2.05) is 0 Å². The van der Waals surface area contributed by atoms with Gasteiger partial charge in [-0.25, -0.2) is 4.21 Å². The van der Waals surface area contributed by atoms with Gasteiger partial charge in [-0.15, -0.1) is 0 Å². The van der Waals surface area contributed by atoms with E-state index in [2.05, 4.69) is 11.3 Å². The predicted molar refractivity (Wildman–Crippen MR) is 101 cm³/mol. The van der Waals surface area contributed by atoms with E-state index >= 15 is 0 Å². The largest absolute Gasteiger partial charge is 0.468 e. The van der Waals surface area contributed by atoms with Gasteiger partial charge in [-0.2, -0.15) is 4.40 Å². The van der Waals surface area contributed by atoms with Crippen molar-refractivity contribution in [2.75, 3.05) is 14.2 Å². The zero-order valence-corrected chi connectivity index (χ0v) is 17.2.